The topological polar surface area (TPSA) is 26.3 Å². The smallest absolute Gasteiger partial charge is 0.305 e. The van der Waals surface area contributed by atoms with Gasteiger partial charge >= 0.3 is 5.97 Å². The lowest BCUT2D eigenvalue weighted by Gasteiger charge is -2.14. The molecule has 0 amide bonds. The van der Waals surface area contributed by atoms with E-state index in [4.69, 9.17) is 4.74 Å². The van der Waals surface area contributed by atoms with Gasteiger partial charge in [-0.1, -0.05) is 53.4 Å². The zero-order valence-electron chi connectivity index (χ0n) is 11.4. The summed E-state index contributed by atoms with van der Waals surface area (Å²) in [6.45, 7) is 9.26. The van der Waals surface area contributed by atoms with Crippen LogP contribution in [0, 0.1) is 11.8 Å². The molecule has 0 spiro atoms. The summed E-state index contributed by atoms with van der Waals surface area (Å²) in [6.07, 6.45) is 6.08. The third-order valence-corrected chi connectivity index (χ3v) is 3.55. The van der Waals surface area contributed by atoms with E-state index in [2.05, 4.69) is 27.7 Å². The van der Waals surface area contributed by atoms with Crippen LogP contribution in [-0.2, 0) is 9.53 Å². The van der Waals surface area contributed by atoms with Crippen LogP contribution in [0.4, 0.5) is 0 Å². The molecular formula is C14H28O2. The van der Waals surface area contributed by atoms with Crippen LogP contribution in [0.5, 0.6) is 0 Å². The Morgan fingerprint density at radius 3 is 1.88 bits per heavy atom. The normalized spacial score (nSPS) is 11.1. The Balaban J connectivity index is 3.65. The zero-order valence-corrected chi connectivity index (χ0v) is 11.4. The fraction of sp³-hybridized carbons (Fsp3) is 0.929. The number of hydrogen-bond donors (Lipinski definition) is 0. The summed E-state index contributed by atoms with van der Waals surface area (Å²) in [5.74, 6) is 1.21. The number of carbonyl (C=O) groups is 1. The largest absolute Gasteiger partial charge is 0.465 e. The molecular weight excluding hydrogens is 200 g/mol. The average Bonchev–Trinajstić information content (AvgIpc) is 2.31. The molecule has 0 N–H and O–H groups in total. The number of esters is 1. The van der Waals surface area contributed by atoms with Gasteiger partial charge in [-0.15, -0.1) is 0 Å². The lowest BCUT2D eigenvalue weighted by Crippen LogP contribution is -2.14. The second-order valence-corrected chi connectivity index (χ2v) is 4.59. The molecule has 0 atom stereocenters. The van der Waals surface area contributed by atoms with Crippen molar-refractivity contribution < 1.29 is 9.53 Å². The standard InChI is InChI=1S/C14H28O2/c1-5-12(6-2)9-10-14(15)16-11-13(7-3)8-4/h12-13H,5-11H2,1-4H3. The van der Waals surface area contributed by atoms with Crippen molar-refractivity contribution >= 4 is 5.97 Å². The highest BCUT2D eigenvalue weighted by atomic mass is 16.5. The second-order valence-electron chi connectivity index (χ2n) is 4.59. The van der Waals surface area contributed by atoms with Crippen LogP contribution < -0.4 is 0 Å². The molecule has 0 rings (SSSR count). The fourth-order valence-corrected chi connectivity index (χ4v) is 1.83. The fourth-order valence-electron chi connectivity index (χ4n) is 1.83. The number of hydrogen-bond acceptors (Lipinski definition) is 2. The van der Waals surface area contributed by atoms with E-state index in [9.17, 15) is 4.79 Å². The van der Waals surface area contributed by atoms with Crippen LogP contribution in [0.25, 0.3) is 0 Å². The summed E-state index contributed by atoms with van der Waals surface area (Å²) in [7, 11) is 0. The summed E-state index contributed by atoms with van der Waals surface area (Å²) in [5.41, 5.74) is 0. The first-order chi connectivity index (χ1) is 7.67. The van der Waals surface area contributed by atoms with Gasteiger partial charge in [0.1, 0.15) is 0 Å². The lowest BCUT2D eigenvalue weighted by atomic mass is 9.98. The lowest BCUT2D eigenvalue weighted by molar-refractivity contribution is -0.145. The molecule has 0 aliphatic heterocycles. The summed E-state index contributed by atoms with van der Waals surface area (Å²) in [4.78, 5) is 11.5. The van der Waals surface area contributed by atoms with Gasteiger partial charge in [-0.2, -0.15) is 0 Å². The molecule has 0 saturated carbocycles. The van der Waals surface area contributed by atoms with Gasteiger partial charge in [0.25, 0.3) is 0 Å². The molecule has 0 bridgehead atoms. The quantitative estimate of drug-likeness (QED) is 0.553. The second kappa shape index (κ2) is 9.68. The molecule has 96 valence electrons. The minimum atomic E-state index is -0.0150. The van der Waals surface area contributed by atoms with Crippen LogP contribution in [0.2, 0.25) is 0 Å². The molecule has 0 saturated heterocycles. The monoisotopic (exact) mass is 228 g/mol. The van der Waals surface area contributed by atoms with Gasteiger partial charge in [0.2, 0.25) is 0 Å². The summed E-state index contributed by atoms with van der Waals surface area (Å²) in [5, 5.41) is 0. The van der Waals surface area contributed by atoms with Crippen molar-refractivity contribution in [2.24, 2.45) is 11.8 Å². The third-order valence-electron chi connectivity index (χ3n) is 3.55. The van der Waals surface area contributed by atoms with Gasteiger partial charge in [-0.05, 0) is 18.3 Å². The number of carbonyl (C=O) groups excluding carboxylic acids is 1. The molecule has 2 nitrogen and oxygen atoms in total. The van der Waals surface area contributed by atoms with Crippen molar-refractivity contribution in [1.82, 2.24) is 0 Å². The Bertz CT molecular complexity index is 152. The maximum atomic E-state index is 11.5. The molecule has 0 fully saturated rings. The molecule has 0 aliphatic carbocycles. The molecule has 16 heavy (non-hydrogen) atoms. The Kier molecular flexibility index (Phi) is 9.36. The van der Waals surface area contributed by atoms with Crippen molar-refractivity contribution in [1.29, 1.82) is 0 Å². The van der Waals surface area contributed by atoms with E-state index in [1.165, 1.54) is 0 Å². The van der Waals surface area contributed by atoms with Gasteiger partial charge < -0.3 is 4.74 Å². The van der Waals surface area contributed by atoms with E-state index in [1.807, 2.05) is 0 Å². The summed E-state index contributed by atoms with van der Waals surface area (Å²) >= 11 is 0. The molecule has 0 aliphatic rings. The highest BCUT2D eigenvalue weighted by Crippen LogP contribution is 2.15. The SMILES string of the molecule is CCC(CC)CCC(=O)OCC(CC)CC. The van der Waals surface area contributed by atoms with Crippen LogP contribution in [0.15, 0.2) is 0 Å². The molecule has 0 aromatic carbocycles. The van der Waals surface area contributed by atoms with Crippen molar-refractivity contribution in [3.63, 3.8) is 0 Å². The Morgan fingerprint density at radius 2 is 1.44 bits per heavy atom. The molecule has 0 aromatic rings. The Morgan fingerprint density at radius 1 is 0.938 bits per heavy atom. The first-order valence-corrected chi connectivity index (χ1v) is 6.83. The van der Waals surface area contributed by atoms with Gasteiger partial charge in [0.15, 0.2) is 0 Å². The third kappa shape index (κ3) is 6.86. The van der Waals surface area contributed by atoms with Gasteiger partial charge in [0, 0.05) is 6.42 Å². The number of ether oxygens (including phenoxy) is 1. The predicted molar refractivity (Wildman–Crippen MR) is 68.3 cm³/mol. The minimum Gasteiger partial charge on any atom is -0.465 e. The van der Waals surface area contributed by atoms with Crippen molar-refractivity contribution in [3.8, 4) is 0 Å². The summed E-state index contributed by atoms with van der Waals surface area (Å²) < 4.78 is 5.29. The van der Waals surface area contributed by atoms with Crippen molar-refractivity contribution in [2.75, 3.05) is 6.61 Å². The van der Waals surface area contributed by atoms with E-state index >= 15 is 0 Å². The van der Waals surface area contributed by atoms with Crippen LogP contribution in [0.1, 0.15) is 66.2 Å². The maximum absolute atomic E-state index is 11.5. The molecule has 0 aromatic heterocycles. The molecule has 2 heteroatoms. The van der Waals surface area contributed by atoms with Gasteiger partial charge in [-0.25, -0.2) is 0 Å². The maximum Gasteiger partial charge on any atom is 0.305 e. The van der Waals surface area contributed by atoms with Crippen LogP contribution in [0.3, 0.4) is 0 Å². The molecule has 0 unspecified atom stereocenters. The van der Waals surface area contributed by atoms with Gasteiger partial charge in [-0.3, -0.25) is 4.79 Å². The first-order valence-electron chi connectivity index (χ1n) is 6.83. The van der Waals surface area contributed by atoms with Crippen LogP contribution >= 0.6 is 0 Å². The highest BCUT2D eigenvalue weighted by molar-refractivity contribution is 5.69. The van der Waals surface area contributed by atoms with E-state index in [0.29, 0.717) is 24.9 Å². The number of rotatable bonds is 9. The summed E-state index contributed by atoms with van der Waals surface area (Å²) in [6, 6.07) is 0. The van der Waals surface area contributed by atoms with E-state index in [0.717, 1.165) is 32.1 Å². The average molecular weight is 228 g/mol. The highest BCUT2D eigenvalue weighted by Gasteiger charge is 2.10. The van der Waals surface area contributed by atoms with E-state index in [-0.39, 0.29) is 5.97 Å². The predicted octanol–water partition coefficient (Wildman–Crippen LogP) is 4.18. The van der Waals surface area contributed by atoms with Crippen LogP contribution in [-0.4, -0.2) is 12.6 Å². The Labute approximate surface area is 101 Å². The first kappa shape index (κ1) is 15.5. The van der Waals surface area contributed by atoms with Gasteiger partial charge in [0.05, 0.1) is 6.61 Å². The van der Waals surface area contributed by atoms with E-state index in [1.54, 1.807) is 0 Å². The molecule has 0 radical (unpaired) electrons. The zero-order chi connectivity index (χ0) is 12.4. The molecule has 0 heterocycles. The van der Waals surface area contributed by atoms with Crippen molar-refractivity contribution in [2.45, 2.75) is 66.2 Å². The minimum absolute atomic E-state index is 0.0150. The van der Waals surface area contributed by atoms with Crippen molar-refractivity contribution in [3.05, 3.63) is 0 Å². The Hall–Kier alpha value is -0.530. The van der Waals surface area contributed by atoms with E-state index < -0.39 is 0 Å².